The van der Waals surface area contributed by atoms with E-state index >= 15 is 0 Å². The van der Waals surface area contributed by atoms with Crippen LogP contribution in [0.25, 0.3) is 0 Å². The lowest BCUT2D eigenvalue weighted by Gasteiger charge is -2.21. The van der Waals surface area contributed by atoms with Crippen molar-refractivity contribution in [3.8, 4) is 0 Å². The first-order valence-corrected chi connectivity index (χ1v) is 7.07. The zero-order valence-electron chi connectivity index (χ0n) is 10.5. The molecule has 1 unspecified atom stereocenters. The van der Waals surface area contributed by atoms with Crippen molar-refractivity contribution in [3.63, 3.8) is 0 Å². The second kappa shape index (κ2) is 5.83. The van der Waals surface area contributed by atoms with E-state index in [2.05, 4.69) is 22.9 Å². The molecule has 18 heavy (non-hydrogen) atoms. The summed E-state index contributed by atoms with van der Waals surface area (Å²) in [6, 6.07) is 4.92. The molecule has 1 atom stereocenters. The molecule has 98 valence electrons. The summed E-state index contributed by atoms with van der Waals surface area (Å²) in [5.74, 6) is 0.549. The molecular formula is C14H17BrFNO. The number of carbonyl (C=O) groups is 1. The number of rotatable bonds is 2. The van der Waals surface area contributed by atoms with Gasteiger partial charge in [0.2, 0.25) is 5.91 Å². The number of nitrogens with zero attached hydrogens (tertiary/aromatic N) is 1. The number of amides is 1. The van der Waals surface area contributed by atoms with E-state index in [0.717, 1.165) is 24.9 Å². The predicted octanol–water partition coefficient (Wildman–Crippen LogP) is 3.74. The van der Waals surface area contributed by atoms with Crippen LogP contribution in [-0.2, 0) is 11.3 Å². The molecule has 0 spiro atoms. The van der Waals surface area contributed by atoms with E-state index in [9.17, 15) is 9.18 Å². The molecule has 0 aromatic heterocycles. The van der Waals surface area contributed by atoms with Crippen LogP contribution < -0.4 is 0 Å². The van der Waals surface area contributed by atoms with Crippen LogP contribution in [0.1, 0.15) is 31.7 Å². The highest BCUT2D eigenvalue weighted by atomic mass is 79.9. The van der Waals surface area contributed by atoms with Crippen LogP contribution in [0.2, 0.25) is 0 Å². The van der Waals surface area contributed by atoms with Crippen molar-refractivity contribution in [2.45, 2.75) is 32.7 Å². The Morgan fingerprint density at radius 2 is 2.22 bits per heavy atom. The Labute approximate surface area is 115 Å². The summed E-state index contributed by atoms with van der Waals surface area (Å²) in [5.41, 5.74) is 0.964. The topological polar surface area (TPSA) is 20.3 Å². The molecule has 2 nitrogen and oxygen atoms in total. The van der Waals surface area contributed by atoms with Gasteiger partial charge in [0.15, 0.2) is 0 Å². The molecule has 1 aliphatic rings. The third-order valence-electron chi connectivity index (χ3n) is 3.45. The zero-order chi connectivity index (χ0) is 13.1. The fraction of sp³-hybridized carbons (Fsp3) is 0.500. The first kappa shape index (κ1) is 13.5. The molecule has 1 fully saturated rings. The van der Waals surface area contributed by atoms with E-state index in [0.29, 0.717) is 23.4 Å². The van der Waals surface area contributed by atoms with Gasteiger partial charge in [-0.15, -0.1) is 0 Å². The van der Waals surface area contributed by atoms with Crippen LogP contribution in [0, 0.1) is 11.7 Å². The lowest BCUT2D eigenvalue weighted by atomic mass is 10.0. The molecule has 1 amide bonds. The number of hydrogen-bond donors (Lipinski definition) is 0. The van der Waals surface area contributed by atoms with Crippen molar-refractivity contribution in [1.29, 1.82) is 0 Å². The average Bonchev–Trinajstić information content (AvgIpc) is 2.49. The maximum atomic E-state index is 13.1. The highest BCUT2D eigenvalue weighted by Crippen LogP contribution is 2.21. The van der Waals surface area contributed by atoms with Crippen molar-refractivity contribution in [1.82, 2.24) is 4.90 Å². The van der Waals surface area contributed by atoms with E-state index in [4.69, 9.17) is 0 Å². The third-order valence-corrected chi connectivity index (χ3v) is 4.06. The van der Waals surface area contributed by atoms with Gasteiger partial charge in [0.25, 0.3) is 0 Å². The fourth-order valence-electron chi connectivity index (χ4n) is 2.20. The maximum Gasteiger partial charge on any atom is 0.222 e. The molecular weight excluding hydrogens is 297 g/mol. The van der Waals surface area contributed by atoms with Gasteiger partial charge >= 0.3 is 0 Å². The quantitative estimate of drug-likeness (QED) is 0.814. The first-order chi connectivity index (χ1) is 8.56. The summed E-state index contributed by atoms with van der Waals surface area (Å²) in [7, 11) is 0. The Morgan fingerprint density at radius 1 is 1.44 bits per heavy atom. The first-order valence-electron chi connectivity index (χ1n) is 6.28. The minimum Gasteiger partial charge on any atom is -0.338 e. The van der Waals surface area contributed by atoms with Gasteiger partial charge in [-0.05, 0) is 52.4 Å². The molecule has 0 bridgehead atoms. The lowest BCUT2D eigenvalue weighted by molar-refractivity contribution is -0.131. The minimum absolute atomic E-state index is 0.208. The summed E-state index contributed by atoms with van der Waals surface area (Å²) >= 11 is 3.17. The Kier molecular flexibility index (Phi) is 4.38. The molecule has 0 radical (unpaired) electrons. The van der Waals surface area contributed by atoms with E-state index in [1.807, 2.05) is 4.90 Å². The second-order valence-electron chi connectivity index (χ2n) is 5.00. The van der Waals surface area contributed by atoms with Gasteiger partial charge < -0.3 is 4.90 Å². The van der Waals surface area contributed by atoms with Gasteiger partial charge in [0, 0.05) is 19.5 Å². The molecule has 2 rings (SSSR count). The van der Waals surface area contributed by atoms with Crippen molar-refractivity contribution in [2.24, 2.45) is 5.92 Å². The van der Waals surface area contributed by atoms with Gasteiger partial charge in [0.1, 0.15) is 5.82 Å². The van der Waals surface area contributed by atoms with Gasteiger partial charge in [-0.3, -0.25) is 4.79 Å². The normalized spacial score (nSPS) is 20.9. The van der Waals surface area contributed by atoms with E-state index in [1.165, 1.54) is 6.07 Å². The van der Waals surface area contributed by atoms with E-state index in [-0.39, 0.29) is 11.7 Å². The second-order valence-corrected chi connectivity index (χ2v) is 5.85. The highest BCUT2D eigenvalue weighted by molar-refractivity contribution is 9.10. The van der Waals surface area contributed by atoms with Crippen molar-refractivity contribution < 1.29 is 9.18 Å². The summed E-state index contributed by atoms with van der Waals surface area (Å²) in [5, 5.41) is 0. The Morgan fingerprint density at radius 3 is 2.94 bits per heavy atom. The molecule has 1 saturated heterocycles. The Bertz CT molecular complexity index is 449. The van der Waals surface area contributed by atoms with Gasteiger partial charge in [-0.2, -0.15) is 0 Å². The summed E-state index contributed by atoms with van der Waals surface area (Å²) in [6.45, 7) is 3.56. The smallest absolute Gasteiger partial charge is 0.222 e. The third kappa shape index (κ3) is 3.31. The SMILES string of the molecule is CC1CCC(=O)N(Cc2ccc(F)c(Br)c2)CC1. The number of carbonyl (C=O) groups excluding carboxylic acids is 1. The van der Waals surface area contributed by atoms with Gasteiger partial charge in [-0.1, -0.05) is 13.0 Å². The van der Waals surface area contributed by atoms with E-state index < -0.39 is 0 Å². The standard InChI is InChI=1S/C14H17BrFNO/c1-10-2-5-14(18)17(7-6-10)9-11-3-4-13(16)12(15)8-11/h3-4,8,10H,2,5-7,9H2,1H3. The van der Waals surface area contributed by atoms with Gasteiger partial charge in [0.05, 0.1) is 4.47 Å². The highest BCUT2D eigenvalue weighted by Gasteiger charge is 2.20. The minimum atomic E-state index is -0.269. The van der Waals surface area contributed by atoms with Crippen molar-refractivity contribution in [2.75, 3.05) is 6.54 Å². The van der Waals surface area contributed by atoms with Gasteiger partial charge in [-0.25, -0.2) is 4.39 Å². The molecule has 0 aliphatic carbocycles. The van der Waals surface area contributed by atoms with Crippen LogP contribution in [-0.4, -0.2) is 17.4 Å². The largest absolute Gasteiger partial charge is 0.338 e. The van der Waals surface area contributed by atoms with Crippen LogP contribution in [0.15, 0.2) is 22.7 Å². The van der Waals surface area contributed by atoms with Crippen molar-refractivity contribution >= 4 is 21.8 Å². The van der Waals surface area contributed by atoms with Crippen molar-refractivity contribution in [3.05, 3.63) is 34.1 Å². The number of likely N-dealkylation sites (tertiary alicyclic amines) is 1. The zero-order valence-corrected chi connectivity index (χ0v) is 12.0. The average molecular weight is 314 g/mol. The van der Waals surface area contributed by atoms with Crippen LogP contribution in [0.3, 0.4) is 0 Å². The van der Waals surface area contributed by atoms with Crippen LogP contribution in [0.5, 0.6) is 0 Å². The number of halogens is 2. The molecule has 1 aliphatic heterocycles. The predicted molar refractivity (Wildman–Crippen MR) is 72.5 cm³/mol. The molecule has 1 aromatic rings. The molecule has 4 heteroatoms. The molecule has 0 saturated carbocycles. The maximum absolute atomic E-state index is 13.1. The summed E-state index contributed by atoms with van der Waals surface area (Å²) in [4.78, 5) is 13.8. The van der Waals surface area contributed by atoms with Crippen LogP contribution >= 0.6 is 15.9 Å². The molecule has 0 N–H and O–H groups in total. The molecule has 1 heterocycles. The lowest BCUT2D eigenvalue weighted by Crippen LogP contribution is -2.29. The monoisotopic (exact) mass is 313 g/mol. The fourth-order valence-corrected chi connectivity index (χ4v) is 2.63. The Balaban J connectivity index is 2.07. The Hall–Kier alpha value is -0.900. The van der Waals surface area contributed by atoms with E-state index in [1.54, 1.807) is 12.1 Å². The number of benzene rings is 1. The molecule has 1 aromatic carbocycles. The summed E-state index contributed by atoms with van der Waals surface area (Å²) < 4.78 is 13.6. The number of hydrogen-bond acceptors (Lipinski definition) is 1. The summed E-state index contributed by atoms with van der Waals surface area (Å²) in [6.07, 6.45) is 2.65. The van der Waals surface area contributed by atoms with Crippen LogP contribution in [0.4, 0.5) is 4.39 Å².